The number of aliphatic imine (C=N–C) groups is 1. The van der Waals surface area contributed by atoms with Gasteiger partial charge in [-0.1, -0.05) is 44.6 Å². The first kappa shape index (κ1) is 20.3. The second-order valence-corrected chi connectivity index (χ2v) is 10.2. The topological polar surface area (TPSA) is 52.9 Å². The highest BCUT2D eigenvalue weighted by Crippen LogP contribution is 2.38. The number of halogens is 1. The molecular formula is C22H27IN2O2S. The molecule has 1 amide bonds. The first-order valence-corrected chi connectivity index (χ1v) is 12.3. The van der Waals surface area contributed by atoms with Gasteiger partial charge < -0.3 is 5.11 Å². The van der Waals surface area contributed by atoms with E-state index in [1.54, 1.807) is 17.8 Å². The van der Waals surface area contributed by atoms with Crippen LogP contribution in [-0.2, 0) is 4.79 Å². The lowest BCUT2D eigenvalue weighted by atomic mass is 9.94. The van der Waals surface area contributed by atoms with Gasteiger partial charge in [0, 0.05) is 6.04 Å². The van der Waals surface area contributed by atoms with Gasteiger partial charge in [-0.15, -0.1) is 0 Å². The van der Waals surface area contributed by atoms with Crippen molar-refractivity contribution in [1.29, 1.82) is 0 Å². The molecule has 4 rings (SSSR count). The van der Waals surface area contributed by atoms with Crippen molar-refractivity contribution in [2.24, 2.45) is 4.99 Å². The summed E-state index contributed by atoms with van der Waals surface area (Å²) in [5.74, 6) is 0.381. The third-order valence-electron chi connectivity index (χ3n) is 5.91. The summed E-state index contributed by atoms with van der Waals surface area (Å²) in [5, 5.41) is 10.7. The first-order valence-electron chi connectivity index (χ1n) is 10.4. The standard InChI is InChI=1S/C22H27IN2O2S/c23-18-13-15(11-12-19(18)26)14-20-21(27)25(17-9-5-2-6-10-17)22(28-20)24-16-7-3-1-4-8-16/h11-14,16-17,26H,1-10H2. The number of carbonyl (C=O) groups excluding carboxylic acids is 1. The van der Waals surface area contributed by atoms with Gasteiger partial charge in [-0.25, -0.2) is 0 Å². The van der Waals surface area contributed by atoms with E-state index in [0.717, 1.165) is 44.9 Å². The molecule has 1 saturated heterocycles. The number of nitrogens with zero attached hydrogens (tertiary/aromatic N) is 2. The number of benzene rings is 1. The molecular weight excluding hydrogens is 483 g/mol. The van der Waals surface area contributed by atoms with E-state index in [1.807, 2.05) is 23.1 Å². The summed E-state index contributed by atoms with van der Waals surface area (Å²) in [5.41, 5.74) is 0.945. The second-order valence-electron chi connectivity index (χ2n) is 7.99. The molecule has 1 aromatic carbocycles. The van der Waals surface area contributed by atoms with Crippen molar-refractivity contribution in [3.63, 3.8) is 0 Å². The lowest BCUT2D eigenvalue weighted by Crippen LogP contribution is -2.41. The Balaban J connectivity index is 1.63. The van der Waals surface area contributed by atoms with Gasteiger partial charge in [0.25, 0.3) is 5.91 Å². The zero-order valence-electron chi connectivity index (χ0n) is 16.1. The lowest BCUT2D eigenvalue weighted by molar-refractivity contribution is -0.124. The average molecular weight is 510 g/mol. The quantitative estimate of drug-likeness (QED) is 0.405. The Morgan fingerprint density at radius 3 is 2.43 bits per heavy atom. The molecule has 4 nitrogen and oxygen atoms in total. The summed E-state index contributed by atoms with van der Waals surface area (Å²) in [6, 6.07) is 6.12. The predicted molar refractivity (Wildman–Crippen MR) is 124 cm³/mol. The van der Waals surface area contributed by atoms with E-state index in [4.69, 9.17) is 4.99 Å². The molecule has 2 saturated carbocycles. The van der Waals surface area contributed by atoms with Gasteiger partial charge in [0.2, 0.25) is 0 Å². The van der Waals surface area contributed by atoms with E-state index in [0.29, 0.717) is 12.1 Å². The Labute approximate surface area is 185 Å². The van der Waals surface area contributed by atoms with Gasteiger partial charge in [0.1, 0.15) is 5.75 Å². The maximum absolute atomic E-state index is 13.3. The third kappa shape index (κ3) is 4.58. The predicted octanol–water partition coefficient (Wildman–Crippen LogP) is 5.93. The molecule has 0 radical (unpaired) electrons. The van der Waals surface area contributed by atoms with Crippen molar-refractivity contribution in [1.82, 2.24) is 4.90 Å². The monoisotopic (exact) mass is 510 g/mol. The number of carbonyl (C=O) groups is 1. The Hall–Kier alpha value is -1.02. The fourth-order valence-corrected chi connectivity index (χ4v) is 6.02. The highest BCUT2D eigenvalue weighted by molar-refractivity contribution is 14.1. The largest absolute Gasteiger partial charge is 0.507 e. The van der Waals surface area contributed by atoms with Crippen LogP contribution in [0.4, 0.5) is 0 Å². The fourth-order valence-electron chi connectivity index (χ4n) is 4.37. The average Bonchev–Trinajstić information content (AvgIpc) is 3.01. The Kier molecular flexibility index (Phi) is 6.66. The van der Waals surface area contributed by atoms with Crippen LogP contribution in [0, 0.1) is 3.57 Å². The third-order valence-corrected chi connectivity index (χ3v) is 7.78. The molecule has 28 heavy (non-hydrogen) atoms. The summed E-state index contributed by atoms with van der Waals surface area (Å²) in [7, 11) is 0. The smallest absolute Gasteiger partial charge is 0.266 e. The van der Waals surface area contributed by atoms with E-state index in [2.05, 4.69) is 22.6 Å². The number of aromatic hydroxyl groups is 1. The van der Waals surface area contributed by atoms with E-state index in [1.165, 1.54) is 38.5 Å². The Morgan fingerprint density at radius 1 is 1.07 bits per heavy atom. The van der Waals surface area contributed by atoms with Crippen LogP contribution in [0.2, 0.25) is 0 Å². The van der Waals surface area contributed by atoms with Crippen molar-refractivity contribution < 1.29 is 9.90 Å². The molecule has 3 fully saturated rings. The minimum Gasteiger partial charge on any atom is -0.507 e. The number of hydrogen-bond donors (Lipinski definition) is 1. The minimum atomic E-state index is 0.106. The molecule has 2 aliphatic carbocycles. The van der Waals surface area contributed by atoms with Gasteiger partial charge in [0.15, 0.2) is 5.17 Å². The zero-order valence-corrected chi connectivity index (χ0v) is 19.0. The van der Waals surface area contributed by atoms with Gasteiger partial charge >= 0.3 is 0 Å². The summed E-state index contributed by atoms with van der Waals surface area (Å²) >= 11 is 3.66. The zero-order chi connectivity index (χ0) is 19.5. The molecule has 0 aromatic heterocycles. The minimum absolute atomic E-state index is 0.106. The second kappa shape index (κ2) is 9.20. The van der Waals surface area contributed by atoms with Crippen LogP contribution in [0.1, 0.15) is 69.8 Å². The van der Waals surface area contributed by atoms with Gasteiger partial charge in [0.05, 0.1) is 14.5 Å². The van der Waals surface area contributed by atoms with Crippen molar-refractivity contribution in [3.8, 4) is 5.75 Å². The fraction of sp³-hybridized carbons (Fsp3) is 0.545. The van der Waals surface area contributed by atoms with Crippen LogP contribution in [0.5, 0.6) is 5.75 Å². The summed E-state index contributed by atoms with van der Waals surface area (Å²) < 4.78 is 0.794. The van der Waals surface area contributed by atoms with E-state index in [9.17, 15) is 9.90 Å². The van der Waals surface area contributed by atoms with Crippen molar-refractivity contribution in [3.05, 3.63) is 32.2 Å². The SMILES string of the molecule is O=C1C(=Cc2ccc(O)c(I)c2)SC(=NC2CCCCC2)N1C1CCCCC1. The molecule has 0 unspecified atom stereocenters. The molecule has 6 heteroatoms. The number of phenols is 1. The molecule has 150 valence electrons. The van der Waals surface area contributed by atoms with Crippen LogP contribution in [0.15, 0.2) is 28.1 Å². The van der Waals surface area contributed by atoms with E-state index < -0.39 is 0 Å². The number of amides is 1. The van der Waals surface area contributed by atoms with Gasteiger partial charge in [-0.05, 0) is 83.8 Å². The summed E-state index contributed by atoms with van der Waals surface area (Å²) in [4.78, 5) is 21.1. The van der Waals surface area contributed by atoms with E-state index in [-0.39, 0.29) is 11.7 Å². The molecule has 1 aromatic rings. The van der Waals surface area contributed by atoms with Crippen LogP contribution in [-0.4, -0.2) is 33.2 Å². The van der Waals surface area contributed by atoms with Crippen LogP contribution in [0.3, 0.4) is 0 Å². The molecule has 3 aliphatic rings. The number of rotatable bonds is 3. The molecule has 0 spiro atoms. The summed E-state index contributed by atoms with van der Waals surface area (Å²) in [6.07, 6.45) is 13.9. The normalized spacial score (nSPS) is 25.2. The molecule has 1 N–H and O–H groups in total. The first-order chi connectivity index (χ1) is 13.6. The maximum atomic E-state index is 13.3. The highest BCUT2D eigenvalue weighted by atomic mass is 127. The number of amidine groups is 1. The number of thioether (sulfide) groups is 1. The lowest BCUT2D eigenvalue weighted by Gasteiger charge is -2.31. The summed E-state index contributed by atoms with van der Waals surface area (Å²) in [6.45, 7) is 0. The van der Waals surface area contributed by atoms with Crippen LogP contribution >= 0.6 is 34.4 Å². The van der Waals surface area contributed by atoms with Crippen molar-refractivity contribution in [2.75, 3.05) is 0 Å². The van der Waals surface area contributed by atoms with Crippen LogP contribution in [0.25, 0.3) is 6.08 Å². The van der Waals surface area contributed by atoms with Crippen LogP contribution < -0.4 is 0 Å². The van der Waals surface area contributed by atoms with Gasteiger partial charge in [-0.3, -0.25) is 14.7 Å². The van der Waals surface area contributed by atoms with E-state index >= 15 is 0 Å². The number of hydrogen-bond acceptors (Lipinski definition) is 4. The van der Waals surface area contributed by atoms with Gasteiger partial charge in [-0.2, -0.15) is 0 Å². The Morgan fingerprint density at radius 2 is 1.75 bits per heavy atom. The van der Waals surface area contributed by atoms with Crippen molar-refractivity contribution in [2.45, 2.75) is 76.3 Å². The maximum Gasteiger partial charge on any atom is 0.266 e. The molecule has 1 aliphatic heterocycles. The molecule has 0 atom stereocenters. The number of phenolic OH excluding ortho intramolecular Hbond substituents is 1. The van der Waals surface area contributed by atoms with Crippen molar-refractivity contribution >= 4 is 51.5 Å². The Bertz CT molecular complexity index is 796. The molecule has 0 bridgehead atoms. The molecule has 1 heterocycles. The highest BCUT2D eigenvalue weighted by Gasteiger charge is 2.39.